The summed E-state index contributed by atoms with van der Waals surface area (Å²) in [5.41, 5.74) is 1.63. The van der Waals surface area contributed by atoms with Gasteiger partial charge in [0.2, 0.25) is 0 Å². The lowest BCUT2D eigenvalue weighted by Crippen LogP contribution is -2.14. The Morgan fingerprint density at radius 3 is 1.61 bits per heavy atom. The van der Waals surface area contributed by atoms with Crippen molar-refractivity contribution in [1.82, 2.24) is 9.97 Å². The number of nitrogens with zero attached hydrogens (tertiary/aromatic N) is 2. The predicted octanol–water partition coefficient (Wildman–Crippen LogP) is 2.78. The first-order chi connectivity index (χ1) is 15.0. The topological polar surface area (TPSA) is 114 Å². The van der Waals surface area contributed by atoms with E-state index in [0.717, 1.165) is 11.1 Å². The fourth-order valence-corrected chi connectivity index (χ4v) is 3.13. The zero-order valence-corrected chi connectivity index (χ0v) is 17.0. The van der Waals surface area contributed by atoms with Crippen LogP contribution in [0.5, 0.6) is 12.2 Å². The lowest BCUT2D eigenvalue weighted by atomic mass is 10.1. The molecule has 2 heterocycles. The van der Waals surface area contributed by atoms with Crippen LogP contribution in [0.4, 0.5) is 0 Å². The third kappa shape index (κ3) is 4.56. The van der Waals surface area contributed by atoms with Crippen LogP contribution >= 0.6 is 0 Å². The molecule has 4 rings (SSSR count). The molecule has 0 saturated carbocycles. The molecule has 0 saturated heterocycles. The number of aromatic nitrogens is 2. The maximum atomic E-state index is 12.1. The molecule has 2 aromatic carbocycles. The molecular formula is C22H20N2O7. The number of fused-ring (bicyclic) bond motifs is 2. The van der Waals surface area contributed by atoms with Crippen molar-refractivity contribution in [3.63, 3.8) is 0 Å². The van der Waals surface area contributed by atoms with Crippen LogP contribution < -0.4 is 20.7 Å². The standard InChI is InChI=1S/C22H20N2O7/c1-13-5-3-7-15-17(13)19(25)30-21(23-15)28-11-9-27-10-12-29-22-24-16-8-4-6-14(2)18(16)20(26)31-22/h3-8H,9-12H2,1-2H3. The molecule has 0 aliphatic heterocycles. The Bertz CT molecular complexity index is 1240. The number of hydrogen-bond acceptors (Lipinski definition) is 9. The van der Waals surface area contributed by atoms with Crippen molar-refractivity contribution < 1.29 is 23.0 Å². The Hall–Kier alpha value is -3.72. The molecule has 9 nitrogen and oxygen atoms in total. The molecule has 0 fully saturated rings. The molecule has 0 radical (unpaired) electrons. The first-order valence-electron chi connectivity index (χ1n) is 9.67. The predicted molar refractivity (Wildman–Crippen MR) is 112 cm³/mol. The van der Waals surface area contributed by atoms with Gasteiger partial charge in [0.1, 0.15) is 13.2 Å². The molecule has 0 atom stereocenters. The number of rotatable bonds is 8. The van der Waals surface area contributed by atoms with Gasteiger partial charge in [-0.1, -0.05) is 24.3 Å². The highest BCUT2D eigenvalue weighted by molar-refractivity contribution is 5.81. The van der Waals surface area contributed by atoms with Crippen LogP contribution in [0.15, 0.2) is 54.8 Å². The molecule has 0 amide bonds. The highest BCUT2D eigenvalue weighted by Crippen LogP contribution is 2.16. The second-order valence-corrected chi connectivity index (χ2v) is 6.78. The van der Waals surface area contributed by atoms with E-state index in [1.807, 2.05) is 38.1 Å². The third-order valence-corrected chi connectivity index (χ3v) is 4.60. The number of hydrogen-bond donors (Lipinski definition) is 0. The molecule has 2 aromatic heterocycles. The SMILES string of the molecule is Cc1cccc2nc(OCCOCCOc3nc4cccc(C)c4c(=O)o3)oc(=O)c12. The van der Waals surface area contributed by atoms with Gasteiger partial charge in [-0.15, -0.1) is 0 Å². The third-order valence-electron chi connectivity index (χ3n) is 4.60. The smallest absolute Gasteiger partial charge is 0.397 e. The highest BCUT2D eigenvalue weighted by Gasteiger charge is 2.10. The molecule has 160 valence electrons. The molecular weight excluding hydrogens is 404 g/mol. The number of benzene rings is 2. The minimum absolute atomic E-state index is 0.111. The van der Waals surface area contributed by atoms with E-state index in [2.05, 4.69) is 9.97 Å². The van der Waals surface area contributed by atoms with E-state index in [-0.39, 0.29) is 38.6 Å². The average Bonchev–Trinajstić information content (AvgIpc) is 2.72. The summed E-state index contributed by atoms with van der Waals surface area (Å²) >= 11 is 0. The zero-order chi connectivity index (χ0) is 21.8. The lowest BCUT2D eigenvalue weighted by Gasteiger charge is -2.07. The van der Waals surface area contributed by atoms with Crippen LogP contribution in [0.1, 0.15) is 11.1 Å². The second-order valence-electron chi connectivity index (χ2n) is 6.78. The first kappa shape index (κ1) is 20.5. The van der Waals surface area contributed by atoms with E-state index in [0.29, 0.717) is 21.8 Å². The summed E-state index contributed by atoms with van der Waals surface area (Å²) in [6.45, 7) is 4.34. The average molecular weight is 424 g/mol. The fourth-order valence-electron chi connectivity index (χ4n) is 3.13. The van der Waals surface area contributed by atoms with Gasteiger partial charge in [-0.05, 0) is 37.1 Å². The van der Waals surface area contributed by atoms with Gasteiger partial charge in [-0.25, -0.2) is 9.59 Å². The van der Waals surface area contributed by atoms with Crippen molar-refractivity contribution in [2.24, 2.45) is 0 Å². The van der Waals surface area contributed by atoms with Gasteiger partial charge in [0, 0.05) is 0 Å². The van der Waals surface area contributed by atoms with Crippen LogP contribution in [0.2, 0.25) is 0 Å². The molecule has 0 aliphatic rings. The molecule has 0 N–H and O–H groups in total. The van der Waals surface area contributed by atoms with E-state index >= 15 is 0 Å². The van der Waals surface area contributed by atoms with Gasteiger partial charge in [-0.2, -0.15) is 9.97 Å². The molecule has 0 bridgehead atoms. The van der Waals surface area contributed by atoms with Crippen molar-refractivity contribution in [2.75, 3.05) is 26.4 Å². The number of ether oxygens (including phenoxy) is 3. The minimum atomic E-state index is -0.494. The summed E-state index contributed by atoms with van der Waals surface area (Å²) in [6, 6.07) is 10.7. The van der Waals surface area contributed by atoms with Gasteiger partial charge >= 0.3 is 23.4 Å². The lowest BCUT2D eigenvalue weighted by molar-refractivity contribution is 0.0591. The molecule has 0 aliphatic carbocycles. The van der Waals surface area contributed by atoms with Crippen LogP contribution in [-0.2, 0) is 4.74 Å². The second kappa shape index (κ2) is 8.97. The highest BCUT2D eigenvalue weighted by atomic mass is 16.6. The van der Waals surface area contributed by atoms with Crippen molar-refractivity contribution >= 4 is 21.8 Å². The van der Waals surface area contributed by atoms with Crippen LogP contribution in [0.25, 0.3) is 21.8 Å². The van der Waals surface area contributed by atoms with Crippen molar-refractivity contribution in [2.45, 2.75) is 13.8 Å². The summed E-state index contributed by atoms with van der Waals surface area (Å²) in [6.07, 6.45) is -0.222. The largest absolute Gasteiger partial charge is 0.448 e. The Labute approximate surface area is 176 Å². The maximum Gasteiger partial charge on any atom is 0.397 e. The summed E-state index contributed by atoms with van der Waals surface area (Å²) in [7, 11) is 0. The van der Waals surface area contributed by atoms with Crippen molar-refractivity contribution in [3.05, 3.63) is 68.4 Å². The van der Waals surface area contributed by atoms with E-state index in [9.17, 15) is 9.59 Å². The Morgan fingerprint density at radius 1 is 0.710 bits per heavy atom. The fraction of sp³-hybridized carbons (Fsp3) is 0.273. The van der Waals surface area contributed by atoms with Crippen LogP contribution in [0, 0.1) is 13.8 Å². The van der Waals surface area contributed by atoms with Crippen molar-refractivity contribution in [3.8, 4) is 12.2 Å². The quantitative estimate of drug-likeness (QED) is 0.394. The Morgan fingerprint density at radius 2 is 1.16 bits per heavy atom. The van der Waals surface area contributed by atoms with Gasteiger partial charge in [0.15, 0.2) is 0 Å². The molecule has 31 heavy (non-hydrogen) atoms. The minimum Gasteiger partial charge on any atom is -0.448 e. The molecule has 0 unspecified atom stereocenters. The van der Waals surface area contributed by atoms with Gasteiger partial charge in [-0.3, -0.25) is 0 Å². The maximum absolute atomic E-state index is 12.1. The summed E-state index contributed by atoms with van der Waals surface area (Å²) in [5, 5.41) is 0.875. The van der Waals surface area contributed by atoms with Crippen LogP contribution in [0.3, 0.4) is 0 Å². The van der Waals surface area contributed by atoms with Gasteiger partial charge in [0.25, 0.3) is 0 Å². The first-order valence-corrected chi connectivity index (χ1v) is 9.67. The van der Waals surface area contributed by atoms with Gasteiger partial charge in [0.05, 0.1) is 35.0 Å². The van der Waals surface area contributed by atoms with Crippen LogP contribution in [-0.4, -0.2) is 36.4 Å². The van der Waals surface area contributed by atoms with E-state index < -0.39 is 11.3 Å². The van der Waals surface area contributed by atoms with Gasteiger partial charge < -0.3 is 23.0 Å². The summed E-state index contributed by atoms with van der Waals surface area (Å²) < 4.78 is 26.3. The molecule has 0 spiro atoms. The normalized spacial score (nSPS) is 11.2. The Kier molecular flexibility index (Phi) is 5.94. The van der Waals surface area contributed by atoms with E-state index in [4.69, 9.17) is 23.0 Å². The number of aryl methyl sites for hydroxylation is 2. The monoisotopic (exact) mass is 424 g/mol. The van der Waals surface area contributed by atoms with E-state index in [1.165, 1.54) is 0 Å². The zero-order valence-electron chi connectivity index (χ0n) is 17.0. The van der Waals surface area contributed by atoms with E-state index in [1.54, 1.807) is 12.1 Å². The summed E-state index contributed by atoms with van der Waals surface area (Å²) in [5.74, 6) is 0. The Balaban J connectivity index is 1.24. The molecule has 9 heteroatoms. The van der Waals surface area contributed by atoms with Crippen molar-refractivity contribution in [1.29, 1.82) is 0 Å². The summed E-state index contributed by atoms with van der Waals surface area (Å²) in [4.78, 5) is 32.5. The molecule has 4 aromatic rings.